The van der Waals surface area contributed by atoms with Crippen LogP contribution in [0.1, 0.15) is 39.8 Å². The number of nitrogens with one attached hydrogen (secondary N) is 2. The maximum atomic E-state index is 12.6. The standard InChI is InChI=1S/C18H19N3O6S/c1-9(11-5-4-6-27-11)19-8-12-20-16(23)14-10(7-13(22)25-2)15(18(24)26-3)28-17(14)21-12/h4-6,9,19H,7-8H2,1-3H3,(H,20,21,23)/t9-/m0/s1. The lowest BCUT2D eigenvalue weighted by molar-refractivity contribution is -0.139. The number of ether oxygens (including phenoxy) is 2. The summed E-state index contributed by atoms with van der Waals surface area (Å²) in [4.78, 5) is 44.1. The fourth-order valence-electron chi connectivity index (χ4n) is 2.72. The number of aromatic nitrogens is 2. The van der Waals surface area contributed by atoms with Crippen molar-refractivity contribution in [2.75, 3.05) is 14.2 Å². The topological polar surface area (TPSA) is 124 Å². The lowest BCUT2D eigenvalue weighted by Crippen LogP contribution is -2.22. The van der Waals surface area contributed by atoms with Crippen molar-refractivity contribution in [3.8, 4) is 0 Å². The van der Waals surface area contributed by atoms with Gasteiger partial charge in [0.05, 0.1) is 44.9 Å². The van der Waals surface area contributed by atoms with Gasteiger partial charge in [-0.1, -0.05) is 0 Å². The summed E-state index contributed by atoms with van der Waals surface area (Å²) < 4.78 is 14.8. The predicted octanol–water partition coefficient (Wildman–Crippen LogP) is 1.93. The summed E-state index contributed by atoms with van der Waals surface area (Å²) in [6.45, 7) is 2.20. The number of esters is 2. The number of rotatable bonds is 7. The van der Waals surface area contributed by atoms with Gasteiger partial charge in [0.2, 0.25) is 0 Å². The Morgan fingerprint density at radius 2 is 2.14 bits per heavy atom. The molecular weight excluding hydrogens is 386 g/mol. The van der Waals surface area contributed by atoms with E-state index in [4.69, 9.17) is 9.15 Å². The van der Waals surface area contributed by atoms with Gasteiger partial charge < -0.3 is 24.2 Å². The second-order valence-electron chi connectivity index (χ2n) is 5.97. The van der Waals surface area contributed by atoms with Crippen LogP contribution in [0.5, 0.6) is 0 Å². The van der Waals surface area contributed by atoms with E-state index in [0.29, 0.717) is 10.7 Å². The molecule has 9 nitrogen and oxygen atoms in total. The molecule has 3 aromatic rings. The van der Waals surface area contributed by atoms with Crippen LogP contribution >= 0.6 is 11.3 Å². The maximum Gasteiger partial charge on any atom is 0.348 e. The molecule has 148 valence electrons. The summed E-state index contributed by atoms with van der Waals surface area (Å²) in [5.74, 6) is -0.0410. The minimum atomic E-state index is -0.632. The van der Waals surface area contributed by atoms with Crippen molar-refractivity contribution in [3.05, 3.63) is 50.8 Å². The lowest BCUT2D eigenvalue weighted by atomic mass is 10.1. The van der Waals surface area contributed by atoms with Crippen molar-refractivity contribution in [1.29, 1.82) is 0 Å². The van der Waals surface area contributed by atoms with Crippen LogP contribution in [0, 0.1) is 0 Å². The maximum absolute atomic E-state index is 12.6. The summed E-state index contributed by atoms with van der Waals surface area (Å²) in [7, 11) is 2.47. The summed E-state index contributed by atoms with van der Waals surface area (Å²) in [5, 5.41) is 3.40. The lowest BCUT2D eigenvalue weighted by Gasteiger charge is -2.10. The van der Waals surface area contributed by atoms with E-state index in [-0.39, 0.29) is 34.8 Å². The Hall–Kier alpha value is -2.98. The van der Waals surface area contributed by atoms with Crippen molar-refractivity contribution in [2.24, 2.45) is 0 Å². The van der Waals surface area contributed by atoms with E-state index < -0.39 is 17.5 Å². The molecule has 3 aromatic heterocycles. The Labute approximate surface area is 163 Å². The molecule has 0 spiro atoms. The van der Waals surface area contributed by atoms with Gasteiger partial charge in [-0.05, 0) is 19.1 Å². The molecule has 0 bridgehead atoms. The molecule has 3 heterocycles. The number of carbonyl (C=O) groups excluding carboxylic acids is 2. The Morgan fingerprint density at radius 3 is 2.79 bits per heavy atom. The number of hydrogen-bond donors (Lipinski definition) is 2. The van der Waals surface area contributed by atoms with Crippen LogP contribution in [0.4, 0.5) is 0 Å². The molecule has 0 aliphatic carbocycles. The minimum absolute atomic E-state index is 0.0835. The van der Waals surface area contributed by atoms with Crippen LogP contribution < -0.4 is 10.9 Å². The van der Waals surface area contributed by atoms with Gasteiger partial charge in [0.25, 0.3) is 5.56 Å². The van der Waals surface area contributed by atoms with Crippen molar-refractivity contribution in [3.63, 3.8) is 0 Å². The first-order valence-electron chi connectivity index (χ1n) is 8.41. The fraction of sp³-hybridized carbons (Fsp3) is 0.333. The zero-order chi connectivity index (χ0) is 20.3. The Balaban J connectivity index is 1.95. The number of hydrogen-bond acceptors (Lipinski definition) is 9. The van der Waals surface area contributed by atoms with Gasteiger partial charge in [-0.25, -0.2) is 9.78 Å². The third kappa shape index (κ3) is 3.97. The fourth-order valence-corrected chi connectivity index (χ4v) is 3.85. The van der Waals surface area contributed by atoms with Gasteiger partial charge >= 0.3 is 11.9 Å². The van der Waals surface area contributed by atoms with Crippen LogP contribution in [-0.4, -0.2) is 36.1 Å². The summed E-state index contributed by atoms with van der Waals surface area (Å²) in [6, 6.07) is 3.56. The molecule has 0 saturated heterocycles. The first-order valence-corrected chi connectivity index (χ1v) is 9.22. The third-order valence-electron chi connectivity index (χ3n) is 4.18. The van der Waals surface area contributed by atoms with E-state index in [1.165, 1.54) is 14.2 Å². The summed E-state index contributed by atoms with van der Waals surface area (Å²) >= 11 is 1.01. The first-order chi connectivity index (χ1) is 13.4. The molecule has 0 saturated carbocycles. The number of nitrogens with zero attached hydrogens (tertiary/aromatic N) is 1. The molecule has 0 radical (unpaired) electrons. The van der Waals surface area contributed by atoms with Gasteiger partial charge in [0.15, 0.2) is 0 Å². The van der Waals surface area contributed by atoms with Crippen LogP contribution in [-0.2, 0) is 27.2 Å². The SMILES string of the molecule is COC(=O)Cc1c(C(=O)OC)sc2nc(CN[C@@H](C)c3ccco3)[nH]c(=O)c12. The third-order valence-corrected chi connectivity index (χ3v) is 5.28. The van der Waals surface area contributed by atoms with Crippen LogP contribution in [0.2, 0.25) is 0 Å². The van der Waals surface area contributed by atoms with E-state index in [9.17, 15) is 14.4 Å². The molecule has 0 aliphatic rings. The highest BCUT2D eigenvalue weighted by atomic mass is 32.1. The second kappa shape index (κ2) is 8.36. The Kier molecular flexibility index (Phi) is 5.90. The molecule has 1 atom stereocenters. The van der Waals surface area contributed by atoms with Crippen LogP contribution in [0.3, 0.4) is 0 Å². The van der Waals surface area contributed by atoms with Gasteiger partial charge in [0, 0.05) is 5.56 Å². The van der Waals surface area contributed by atoms with Crippen LogP contribution in [0.15, 0.2) is 27.6 Å². The highest BCUT2D eigenvalue weighted by Gasteiger charge is 2.24. The highest BCUT2D eigenvalue weighted by molar-refractivity contribution is 7.20. The second-order valence-corrected chi connectivity index (χ2v) is 6.96. The smallest absolute Gasteiger partial charge is 0.348 e. The largest absolute Gasteiger partial charge is 0.469 e. The molecule has 0 aromatic carbocycles. The number of methoxy groups -OCH3 is 2. The molecule has 0 fully saturated rings. The van der Waals surface area contributed by atoms with E-state index in [2.05, 4.69) is 20.0 Å². The molecule has 28 heavy (non-hydrogen) atoms. The van der Waals surface area contributed by atoms with Crippen molar-refractivity contribution >= 4 is 33.5 Å². The van der Waals surface area contributed by atoms with Gasteiger partial charge in [-0.2, -0.15) is 0 Å². The Bertz CT molecular complexity index is 1050. The van der Waals surface area contributed by atoms with E-state index >= 15 is 0 Å². The molecule has 10 heteroatoms. The van der Waals surface area contributed by atoms with Crippen molar-refractivity contribution < 1.29 is 23.5 Å². The number of thiophene rings is 1. The molecule has 3 rings (SSSR count). The van der Waals surface area contributed by atoms with Crippen molar-refractivity contribution in [2.45, 2.75) is 25.9 Å². The zero-order valence-electron chi connectivity index (χ0n) is 15.5. The van der Waals surface area contributed by atoms with E-state index in [1.54, 1.807) is 12.3 Å². The average Bonchev–Trinajstić information content (AvgIpc) is 3.34. The molecule has 2 N–H and O–H groups in total. The summed E-state index contributed by atoms with van der Waals surface area (Å²) in [6.07, 6.45) is 1.36. The van der Waals surface area contributed by atoms with Crippen LogP contribution in [0.25, 0.3) is 10.2 Å². The van der Waals surface area contributed by atoms with Crippen molar-refractivity contribution in [1.82, 2.24) is 15.3 Å². The minimum Gasteiger partial charge on any atom is -0.469 e. The number of fused-ring (bicyclic) bond motifs is 1. The van der Waals surface area contributed by atoms with Gasteiger partial charge in [0.1, 0.15) is 21.3 Å². The van der Waals surface area contributed by atoms with E-state index in [0.717, 1.165) is 17.1 Å². The van der Waals surface area contributed by atoms with Gasteiger partial charge in [-0.3, -0.25) is 9.59 Å². The Morgan fingerprint density at radius 1 is 1.36 bits per heavy atom. The average molecular weight is 405 g/mol. The molecular formula is C18H19N3O6S. The van der Waals surface area contributed by atoms with Gasteiger partial charge in [-0.15, -0.1) is 11.3 Å². The predicted molar refractivity (Wildman–Crippen MR) is 101 cm³/mol. The number of carbonyl (C=O) groups is 2. The normalized spacial score (nSPS) is 12.1. The quantitative estimate of drug-likeness (QED) is 0.572. The molecule has 0 unspecified atom stereocenters. The monoisotopic (exact) mass is 405 g/mol. The van der Waals surface area contributed by atoms with E-state index in [1.807, 2.05) is 13.0 Å². The molecule has 0 amide bonds. The number of furan rings is 1. The highest BCUT2D eigenvalue weighted by Crippen LogP contribution is 2.29. The first kappa shape index (κ1) is 19.8. The summed E-state index contributed by atoms with van der Waals surface area (Å²) in [5.41, 5.74) is -0.173. The number of H-pyrrole nitrogens is 1. The zero-order valence-corrected chi connectivity index (χ0v) is 16.3. The number of aromatic amines is 1. The molecule has 0 aliphatic heterocycles.